The van der Waals surface area contributed by atoms with Gasteiger partial charge in [-0.2, -0.15) is 0 Å². The van der Waals surface area contributed by atoms with E-state index in [9.17, 15) is 0 Å². The zero-order chi connectivity index (χ0) is 9.97. The minimum Gasteiger partial charge on any atom is -0.328 e. The van der Waals surface area contributed by atoms with E-state index in [4.69, 9.17) is 5.73 Å². The van der Waals surface area contributed by atoms with Gasteiger partial charge in [-0.05, 0) is 19.3 Å². The van der Waals surface area contributed by atoms with Gasteiger partial charge in [0.15, 0.2) is 0 Å². The van der Waals surface area contributed by atoms with Crippen LogP contribution in [-0.4, -0.2) is 26.4 Å². The summed E-state index contributed by atoms with van der Waals surface area (Å²) >= 11 is 3.39. The number of nitrogens with zero attached hydrogens (tertiary/aromatic N) is 3. The third-order valence-corrected chi connectivity index (χ3v) is 3.12. The second kappa shape index (κ2) is 4.40. The molecule has 2 N–H and O–H groups in total. The summed E-state index contributed by atoms with van der Waals surface area (Å²) in [5, 5.41) is 9.20. The van der Waals surface area contributed by atoms with E-state index in [1.165, 1.54) is 0 Å². The Labute approximate surface area is 92.0 Å². The number of alkyl halides is 1. The molecule has 0 unspecified atom stereocenters. The fourth-order valence-electron chi connectivity index (χ4n) is 1.94. The Kier molecular flexibility index (Phi) is 3.18. The smallest absolute Gasteiger partial charge is 0.0835 e. The van der Waals surface area contributed by atoms with E-state index in [1.807, 2.05) is 10.9 Å². The van der Waals surface area contributed by atoms with E-state index in [-0.39, 0.29) is 0 Å². The lowest BCUT2D eigenvalue weighted by atomic mass is 10.2. The summed E-state index contributed by atoms with van der Waals surface area (Å²) in [5.41, 5.74) is 6.92. The van der Waals surface area contributed by atoms with Crippen LogP contribution in [0.2, 0.25) is 0 Å². The molecule has 0 aliphatic heterocycles. The monoisotopic (exact) mass is 258 g/mol. The molecule has 0 spiro atoms. The van der Waals surface area contributed by atoms with Gasteiger partial charge in [-0.15, -0.1) is 5.10 Å². The maximum Gasteiger partial charge on any atom is 0.0835 e. The van der Waals surface area contributed by atoms with Crippen molar-refractivity contribution < 1.29 is 0 Å². The van der Waals surface area contributed by atoms with Crippen molar-refractivity contribution in [1.82, 2.24) is 15.0 Å². The van der Waals surface area contributed by atoms with Crippen molar-refractivity contribution in [2.75, 3.05) is 5.33 Å². The molecule has 4 nitrogen and oxygen atoms in total. The van der Waals surface area contributed by atoms with E-state index in [0.717, 1.165) is 36.7 Å². The molecule has 14 heavy (non-hydrogen) atoms. The molecular formula is C9H15BrN4. The summed E-state index contributed by atoms with van der Waals surface area (Å²) < 4.78 is 1.98. The number of aryl methyl sites for hydroxylation is 1. The lowest BCUT2D eigenvalue weighted by Gasteiger charge is -2.07. The lowest BCUT2D eigenvalue weighted by molar-refractivity contribution is 0.448. The average Bonchev–Trinajstić information content (AvgIpc) is 2.74. The Morgan fingerprint density at radius 3 is 3.07 bits per heavy atom. The summed E-state index contributed by atoms with van der Waals surface area (Å²) in [6, 6.07) is 0.824. The predicted octanol–water partition coefficient (Wildman–Crippen LogP) is 1.27. The summed E-state index contributed by atoms with van der Waals surface area (Å²) in [4.78, 5) is 0. The first-order valence-corrected chi connectivity index (χ1v) is 6.14. The van der Waals surface area contributed by atoms with Crippen LogP contribution in [0.3, 0.4) is 0 Å². The van der Waals surface area contributed by atoms with Crippen molar-refractivity contribution in [3.05, 3.63) is 11.9 Å². The maximum absolute atomic E-state index is 5.86. The van der Waals surface area contributed by atoms with Crippen LogP contribution in [0, 0.1) is 0 Å². The molecule has 0 saturated heterocycles. The van der Waals surface area contributed by atoms with Crippen LogP contribution in [0.15, 0.2) is 6.20 Å². The highest BCUT2D eigenvalue weighted by molar-refractivity contribution is 9.09. The fraction of sp³-hybridized carbons (Fsp3) is 0.778. The first kappa shape index (κ1) is 10.1. The van der Waals surface area contributed by atoms with Gasteiger partial charge in [0.25, 0.3) is 0 Å². The molecule has 2 atom stereocenters. The Hall–Kier alpha value is -0.420. The molecule has 1 aromatic rings. The van der Waals surface area contributed by atoms with E-state index >= 15 is 0 Å². The molecule has 1 heterocycles. The SMILES string of the molecule is N[C@@H]1CC[C@H](n2cc(CCBr)nn2)C1. The first-order chi connectivity index (χ1) is 6.79. The first-order valence-electron chi connectivity index (χ1n) is 5.02. The van der Waals surface area contributed by atoms with Gasteiger partial charge in [-0.3, -0.25) is 0 Å². The molecular weight excluding hydrogens is 244 g/mol. The predicted molar refractivity (Wildman–Crippen MR) is 58.4 cm³/mol. The van der Waals surface area contributed by atoms with Gasteiger partial charge >= 0.3 is 0 Å². The Morgan fingerprint density at radius 1 is 1.57 bits per heavy atom. The molecule has 0 radical (unpaired) electrons. The largest absolute Gasteiger partial charge is 0.328 e. The molecule has 5 heteroatoms. The van der Waals surface area contributed by atoms with Gasteiger partial charge in [-0.1, -0.05) is 21.1 Å². The summed E-state index contributed by atoms with van der Waals surface area (Å²) in [6.07, 6.45) is 6.27. The number of halogens is 1. The Morgan fingerprint density at radius 2 is 2.43 bits per heavy atom. The Bertz CT molecular complexity index is 299. The summed E-state index contributed by atoms with van der Waals surface area (Å²) in [5.74, 6) is 0. The number of rotatable bonds is 3. The van der Waals surface area contributed by atoms with E-state index < -0.39 is 0 Å². The van der Waals surface area contributed by atoms with Gasteiger partial charge in [-0.25, -0.2) is 4.68 Å². The van der Waals surface area contributed by atoms with Gasteiger partial charge in [0.05, 0.1) is 11.7 Å². The van der Waals surface area contributed by atoms with Crippen LogP contribution >= 0.6 is 15.9 Å². The van der Waals surface area contributed by atoms with Crippen molar-refractivity contribution in [3.63, 3.8) is 0 Å². The van der Waals surface area contributed by atoms with Crippen LogP contribution < -0.4 is 5.73 Å². The molecule has 1 saturated carbocycles. The molecule has 0 bridgehead atoms. The molecule has 1 fully saturated rings. The average molecular weight is 259 g/mol. The third-order valence-electron chi connectivity index (χ3n) is 2.73. The van der Waals surface area contributed by atoms with Crippen molar-refractivity contribution in [1.29, 1.82) is 0 Å². The lowest BCUT2D eigenvalue weighted by Crippen LogP contribution is -2.16. The topological polar surface area (TPSA) is 56.7 Å². The van der Waals surface area contributed by atoms with Crippen LogP contribution in [0.1, 0.15) is 31.0 Å². The van der Waals surface area contributed by atoms with Crippen LogP contribution in [0.4, 0.5) is 0 Å². The molecule has 0 aromatic carbocycles. The molecule has 1 aromatic heterocycles. The highest BCUT2D eigenvalue weighted by atomic mass is 79.9. The van der Waals surface area contributed by atoms with E-state index in [0.29, 0.717) is 12.1 Å². The highest BCUT2D eigenvalue weighted by Gasteiger charge is 2.23. The molecule has 78 valence electrons. The minimum atomic E-state index is 0.351. The highest BCUT2D eigenvalue weighted by Crippen LogP contribution is 2.27. The zero-order valence-electron chi connectivity index (χ0n) is 8.06. The van der Waals surface area contributed by atoms with Gasteiger partial charge < -0.3 is 5.73 Å². The quantitative estimate of drug-likeness (QED) is 0.831. The van der Waals surface area contributed by atoms with Gasteiger partial charge in [0.2, 0.25) is 0 Å². The van der Waals surface area contributed by atoms with Crippen molar-refractivity contribution in [2.45, 2.75) is 37.8 Å². The summed E-state index contributed by atoms with van der Waals surface area (Å²) in [6.45, 7) is 0. The van der Waals surface area contributed by atoms with E-state index in [2.05, 4.69) is 26.2 Å². The van der Waals surface area contributed by atoms with Gasteiger partial charge in [0, 0.05) is 24.0 Å². The molecule has 0 amide bonds. The van der Waals surface area contributed by atoms with Crippen molar-refractivity contribution in [2.24, 2.45) is 5.73 Å². The molecule has 1 aliphatic rings. The number of nitrogens with two attached hydrogens (primary N) is 1. The van der Waals surface area contributed by atoms with E-state index in [1.54, 1.807) is 0 Å². The minimum absolute atomic E-state index is 0.351. The second-order valence-electron chi connectivity index (χ2n) is 3.86. The number of hydrogen-bond donors (Lipinski definition) is 1. The summed E-state index contributed by atoms with van der Waals surface area (Å²) in [7, 11) is 0. The zero-order valence-corrected chi connectivity index (χ0v) is 9.65. The van der Waals surface area contributed by atoms with Crippen LogP contribution in [-0.2, 0) is 6.42 Å². The standard InChI is InChI=1S/C9H15BrN4/c10-4-3-8-6-14(13-12-8)9-2-1-7(11)5-9/h6-7,9H,1-5,11H2/t7-,9+/m1/s1. The van der Waals surface area contributed by atoms with Crippen LogP contribution in [0.5, 0.6) is 0 Å². The Balaban J connectivity index is 2.02. The van der Waals surface area contributed by atoms with Crippen molar-refractivity contribution >= 4 is 15.9 Å². The maximum atomic E-state index is 5.86. The second-order valence-corrected chi connectivity index (χ2v) is 4.65. The molecule has 2 rings (SSSR count). The molecule has 1 aliphatic carbocycles. The van der Waals surface area contributed by atoms with Crippen LogP contribution in [0.25, 0.3) is 0 Å². The normalized spacial score (nSPS) is 27.0. The number of hydrogen-bond acceptors (Lipinski definition) is 3. The third kappa shape index (κ3) is 2.15. The number of aromatic nitrogens is 3. The van der Waals surface area contributed by atoms with Gasteiger partial charge in [0.1, 0.15) is 0 Å². The fourth-order valence-corrected chi connectivity index (χ4v) is 2.34. The van der Waals surface area contributed by atoms with Crippen molar-refractivity contribution in [3.8, 4) is 0 Å².